The summed E-state index contributed by atoms with van der Waals surface area (Å²) in [5, 5.41) is 0. The van der Waals surface area contributed by atoms with Crippen molar-refractivity contribution in [3.63, 3.8) is 0 Å². The van der Waals surface area contributed by atoms with Crippen LogP contribution in [-0.2, 0) is 11.2 Å². The first kappa shape index (κ1) is 12.6. The van der Waals surface area contributed by atoms with E-state index in [1.165, 1.54) is 12.0 Å². The summed E-state index contributed by atoms with van der Waals surface area (Å²) in [6.45, 7) is 0.383. The Labute approximate surface area is 96.6 Å². The van der Waals surface area contributed by atoms with E-state index >= 15 is 0 Å². The third-order valence-electron chi connectivity index (χ3n) is 2.44. The fourth-order valence-corrected chi connectivity index (χ4v) is 1.59. The van der Waals surface area contributed by atoms with Crippen LogP contribution in [0.3, 0.4) is 0 Å². The Kier molecular flexibility index (Phi) is 6.07. The molecule has 0 fully saturated rings. The van der Waals surface area contributed by atoms with Gasteiger partial charge in [0.2, 0.25) is 0 Å². The first-order valence-corrected chi connectivity index (χ1v) is 5.71. The van der Waals surface area contributed by atoms with Crippen LogP contribution in [0.1, 0.15) is 31.2 Å². The van der Waals surface area contributed by atoms with Gasteiger partial charge in [-0.05, 0) is 24.8 Å². The molecule has 0 unspecified atom stereocenters. The molecule has 3 nitrogen and oxygen atoms in total. The number of unbranched alkanes of at least 4 members (excludes halogenated alkanes) is 3. The number of benzene rings is 1. The van der Waals surface area contributed by atoms with E-state index in [-0.39, 0.29) is 0 Å². The lowest BCUT2D eigenvalue weighted by molar-refractivity contribution is 0.152. The maximum absolute atomic E-state index is 10.2. The monoisotopic (exact) mass is 220 g/mol. The minimum atomic E-state index is -0.927. The maximum Gasteiger partial charge on any atom is 0.426 e. The largest absolute Gasteiger partial charge is 0.448 e. The van der Waals surface area contributed by atoms with Gasteiger partial charge in [0.15, 0.2) is 0 Å². The van der Waals surface area contributed by atoms with Crippen LogP contribution in [0.4, 0.5) is 4.79 Å². The molecule has 1 aromatic rings. The first-order valence-electron chi connectivity index (χ1n) is 5.71. The lowest BCUT2D eigenvalue weighted by atomic mass is 10.1. The van der Waals surface area contributed by atoms with E-state index in [2.05, 4.69) is 29.0 Å². The fourth-order valence-electron chi connectivity index (χ4n) is 1.59. The van der Waals surface area contributed by atoms with Crippen molar-refractivity contribution in [1.29, 1.82) is 0 Å². The lowest BCUT2D eigenvalue weighted by Gasteiger charge is -2.02. The Morgan fingerprint density at radius 2 is 1.75 bits per heavy atom. The van der Waals surface area contributed by atoms with E-state index in [1.54, 1.807) is 0 Å². The number of nitrogens with one attached hydrogen (secondary N) is 1. The van der Waals surface area contributed by atoms with E-state index in [0.29, 0.717) is 6.61 Å². The predicted octanol–water partition coefficient (Wildman–Crippen LogP) is 3.21. The molecule has 0 saturated carbocycles. The highest BCUT2D eigenvalue weighted by atomic mass is 16.5. The van der Waals surface area contributed by atoms with E-state index in [1.807, 2.05) is 6.07 Å². The summed E-state index contributed by atoms with van der Waals surface area (Å²) in [5.41, 5.74) is 7.92. The summed E-state index contributed by atoms with van der Waals surface area (Å²) in [5.74, 6) is 0. The third kappa shape index (κ3) is 6.06. The number of aryl methyl sites for hydroxylation is 1. The maximum atomic E-state index is 10.2. The van der Waals surface area contributed by atoms with E-state index < -0.39 is 6.09 Å². The molecular formula is C13H18NO2. The molecule has 0 bridgehead atoms. The molecule has 0 aliphatic heterocycles. The number of amides is 1. The van der Waals surface area contributed by atoms with Crippen molar-refractivity contribution in [3.8, 4) is 0 Å². The van der Waals surface area contributed by atoms with Crippen molar-refractivity contribution >= 4 is 6.09 Å². The number of rotatable bonds is 7. The molecule has 1 amide bonds. The molecule has 0 spiro atoms. The van der Waals surface area contributed by atoms with Crippen LogP contribution in [0.2, 0.25) is 0 Å². The molecule has 1 aromatic carbocycles. The van der Waals surface area contributed by atoms with Gasteiger partial charge in [0.05, 0.1) is 6.61 Å². The molecule has 0 saturated heterocycles. The SMILES string of the molecule is [NH]C(=O)OCCCCCCc1ccccc1. The van der Waals surface area contributed by atoms with Gasteiger partial charge < -0.3 is 4.74 Å². The number of hydrogen-bond acceptors (Lipinski definition) is 2. The van der Waals surface area contributed by atoms with Crippen molar-refractivity contribution < 1.29 is 9.53 Å². The molecule has 0 aliphatic rings. The van der Waals surface area contributed by atoms with Crippen LogP contribution in [-0.4, -0.2) is 12.7 Å². The fraction of sp³-hybridized carbons (Fsp3) is 0.462. The average Bonchev–Trinajstić information content (AvgIpc) is 2.29. The molecule has 16 heavy (non-hydrogen) atoms. The van der Waals surface area contributed by atoms with Crippen molar-refractivity contribution in [3.05, 3.63) is 35.9 Å². The normalized spacial score (nSPS) is 10.0. The predicted molar refractivity (Wildman–Crippen MR) is 63.1 cm³/mol. The zero-order valence-corrected chi connectivity index (χ0v) is 9.45. The van der Waals surface area contributed by atoms with Gasteiger partial charge in [-0.25, -0.2) is 10.5 Å². The number of ether oxygens (including phenoxy) is 1. The number of carbonyl (C=O) groups excluding carboxylic acids is 1. The molecule has 0 aromatic heterocycles. The molecule has 0 heterocycles. The zero-order chi connectivity index (χ0) is 11.6. The van der Waals surface area contributed by atoms with Crippen molar-refractivity contribution in [2.45, 2.75) is 32.1 Å². The van der Waals surface area contributed by atoms with Crippen LogP contribution in [0.5, 0.6) is 0 Å². The summed E-state index contributed by atoms with van der Waals surface area (Å²) < 4.78 is 4.53. The van der Waals surface area contributed by atoms with Crippen LogP contribution in [0.25, 0.3) is 0 Å². The Bertz CT molecular complexity index is 298. The van der Waals surface area contributed by atoms with E-state index in [9.17, 15) is 4.79 Å². The molecule has 3 heteroatoms. The highest BCUT2D eigenvalue weighted by Gasteiger charge is 1.95. The van der Waals surface area contributed by atoms with Gasteiger partial charge >= 0.3 is 6.09 Å². The standard InChI is InChI=1S/C13H18NO2/c14-13(15)16-11-7-2-1-4-8-12-9-5-3-6-10-12/h3,5-6,9-10,14H,1-2,4,7-8,11H2. The zero-order valence-electron chi connectivity index (χ0n) is 9.45. The quantitative estimate of drug-likeness (QED) is 0.662. The lowest BCUT2D eigenvalue weighted by Crippen LogP contribution is -2.03. The summed E-state index contributed by atoms with van der Waals surface area (Å²) in [6.07, 6.45) is 4.41. The van der Waals surface area contributed by atoms with Crippen LogP contribution in [0, 0.1) is 0 Å². The van der Waals surface area contributed by atoms with Crippen LogP contribution >= 0.6 is 0 Å². The number of hydrogen-bond donors (Lipinski definition) is 0. The molecule has 87 valence electrons. The van der Waals surface area contributed by atoms with Crippen molar-refractivity contribution in [2.24, 2.45) is 0 Å². The van der Waals surface area contributed by atoms with Crippen molar-refractivity contribution in [2.75, 3.05) is 6.61 Å². The molecule has 1 radical (unpaired) electrons. The Morgan fingerprint density at radius 3 is 2.44 bits per heavy atom. The second-order valence-corrected chi connectivity index (χ2v) is 3.79. The van der Waals surface area contributed by atoms with Gasteiger partial charge in [0.25, 0.3) is 0 Å². The Morgan fingerprint density at radius 1 is 1.06 bits per heavy atom. The molecule has 0 aliphatic carbocycles. The molecule has 0 atom stereocenters. The number of carbonyl (C=O) groups is 1. The molecular weight excluding hydrogens is 202 g/mol. The second-order valence-electron chi connectivity index (χ2n) is 3.79. The van der Waals surface area contributed by atoms with E-state index in [4.69, 9.17) is 5.73 Å². The Balaban J connectivity index is 1.94. The van der Waals surface area contributed by atoms with Gasteiger partial charge in [-0.2, -0.15) is 0 Å². The van der Waals surface area contributed by atoms with Crippen LogP contribution < -0.4 is 5.73 Å². The first-order chi connectivity index (χ1) is 7.79. The third-order valence-corrected chi connectivity index (χ3v) is 2.44. The average molecular weight is 220 g/mol. The topological polar surface area (TPSA) is 50.1 Å². The molecule has 1 rings (SSSR count). The van der Waals surface area contributed by atoms with Gasteiger partial charge in [-0.3, -0.25) is 0 Å². The summed E-state index contributed by atoms with van der Waals surface area (Å²) in [6, 6.07) is 10.4. The van der Waals surface area contributed by atoms with Crippen molar-refractivity contribution in [1.82, 2.24) is 5.73 Å². The second kappa shape index (κ2) is 7.74. The van der Waals surface area contributed by atoms with Gasteiger partial charge in [0.1, 0.15) is 0 Å². The van der Waals surface area contributed by atoms with Gasteiger partial charge in [-0.15, -0.1) is 0 Å². The highest BCUT2D eigenvalue weighted by Crippen LogP contribution is 2.07. The summed E-state index contributed by atoms with van der Waals surface area (Å²) in [7, 11) is 0. The summed E-state index contributed by atoms with van der Waals surface area (Å²) >= 11 is 0. The van der Waals surface area contributed by atoms with Gasteiger partial charge in [0, 0.05) is 0 Å². The van der Waals surface area contributed by atoms with Gasteiger partial charge in [-0.1, -0.05) is 43.2 Å². The highest BCUT2D eigenvalue weighted by molar-refractivity contribution is 5.63. The smallest absolute Gasteiger partial charge is 0.426 e. The minimum Gasteiger partial charge on any atom is -0.448 e. The van der Waals surface area contributed by atoms with Crippen LogP contribution in [0.15, 0.2) is 30.3 Å². The summed E-state index contributed by atoms with van der Waals surface area (Å²) in [4.78, 5) is 10.2. The minimum absolute atomic E-state index is 0.383. The molecule has 1 N–H and O–H groups in total. The van der Waals surface area contributed by atoms with E-state index in [0.717, 1.165) is 25.7 Å². The Hall–Kier alpha value is -1.51.